The van der Waals surface area contributed by atoms with Crippen LogP contribution in [-0.2, 0) is 17.0 Å². The van der Waals surface area contributed by atoms with Crippen LogP contribution in [0.15, 0.2) is 27.6 Å². The number of benzene rings is 1. The number of rotatable bonds is 2. The van der Waals surface area contributed by atoms with Crippen molar-refractivity contribution < 1.29 is 9.66 Å². The third kappa shape index (κ3) is 2.96. The third-order valence-electron chi connectivity index (χ3n) is 1.81. The summed E-state index contributed by atoms with van der Waals surface area (Å²) in [6.45, 7) is 3.33. The van der Waals surface area contributed by atoms with E-state index in [-0.39, 0.29) is 0 Å². The summed E-state index contributed by atoms with van der Waals surface area (Å²) in [7, 11) is 0. The molecule has 0 bridgehead atoms. The fourth-order valence-electron chi connectivity index (χ4n) is 1.03. The van der Waals surface area contributed by atoms with E-state index >= 15 is 0 Å². The molecule has 1 atom stereocenters. The fraction of sp³-hybridized carbons (Fsp3) is 0.333. The molecule has 0 spiro atoms. The first-order valence-electron chi connectivity index (χ1n) is 4.00. The Hall–Kier alpha value is -0.0700. The van der Waals surface area contributed by atoms with Gasteiger partial charge in [-0.2, -0.15) is 0 Å². The maximum atomic E-state index is 11.1. The van der Waals surface area contributed by atoms with E-state index < -0.39 is 17.0 Å². The molecule has 0 saturated carbocycles. The molecule has 0 amide bonds. The molecule has 0 aliphatic carbocycles. The maximum Gasteiger partial charge on any atom is 0.175 e. The normalized spacial score (nSPS) is 14.1. The largest absolute Gasteiger partial charge is 0.593 e. The summed E-state index contributed by atoms with van der Waals surface area (Å²) in [4.78, 5) is 0.497. The van der Waals surface area contributed by atoms with E-state index in [1.165, 1.54) is 0 Å². The summed E-state index contributed by atoms with van der Waals surface area (Å²) in [6.07, 6.45) is 0. The van der Waals surface area contributed by atoms with Gasteiger partial charge in [0.15, 0.2) is 4.90 Å². The molecule has 5 heteroatoms. The van der Waals surface area contributed by atoms with E-state index in [9.17, 15) is 9.66 Å². The first-order chi connectivity index (χ1) is 6.30. The highest BCUT2D eigenvalue weighted by molar-refractivity contribution is 9.10. The molecule has 1 unspecified atom stereocenters. The first-order valence-corrected chi connectivity index (χ1v) is 6.01. The molecule has 14 heavy (non-hydrogen) atoms. The van der Waals surface area contributed by atoms with Gasteiger partial charge in [-0.25, -0.2) is 0 Å². The van der Waals surface area contributed by atoms with E-state index in [4.69, 9.17) is 5.14 Å². The van der Waals surface area contributed by atoms with Gasteiger partial charge in [0, 0.05) is 16.6 Å². The minimum atomic E-state index is -1.53. The second kappa shape index (κ2) is 4.20. The van der Waals surface area contributed by atoms with Gasteiger partial charge in [-0.05, 0) is 25.5 Å². The van der Waals surface area contributed by atoms with Crippen LogP contribution in [0, 0.1) is 0 Å². The van der Waals surface area contributed by atoms with E-state index in [0.717, 1.165) is 4.47 Å². The van der Waals surface area contributed by atoms with Gasteiger partial charge in [0.05, 0.1) is 17.0 Å². The monoisotopic (exact) mass is 277 g/mol. The zero-order valence-electron chi connectivity index (χ0n) is 7.95. The smallest absolute Gasteiger partial charge is 0.175 e. The van der Waals surface area contributed by atoms with Crippen molar-refractivity contribution in [3.8, 4) is 0 Å². The molecule has 0 radical (unpaired) electrons. The molecule has 3 nitrogen and oxygen atoms in total. The summed E-state index contributed by atoms with van der Waals surface area (Å²) in [5, 5.41) is 15.0. The molecule has 0 aliphatic heterocycles. The second-order valence-electron chi connectivity index (χ2n) is 3.53. The number of hydrogen-bond acceptors (Lipinski definition) is 3. The first kappa shape index (κ1) is 12.0. The van der Waals surface area contributed by atoms with Crippen molar-refractivity contribution in [3.63, 3.8) is 0 Å². The Morgan fingerprint density at radius 3 is 2.43 bits per heavy atom. The Balaban J connectivity index is 3.21. The molecule has 1 rings (SSSR count). The highest BCUT2D eigenvalue weighted by Crippen LogP contribution is 2.26. The zero-order valence-corrected chi connectivity index (χ0v) is 10.4. The zero-order chi connectivity index (χ0) is 10.9. The van der Waals surface area contributed by atoms with Crippen molar-refractivity contribution in [2.45, 2.75) is 24.3 Å². The minimum absolute atomic E-state index is 0.497. The second-order valence-corrected chi connectivity index (χ2v) is 5.51. The highest BCUT2D eigenvalue weighted by atomic mass is 79.9. The van der Waals surface area contributed by atoms with Gasteiger partial charge in [0.1, 0.15) is 0 Å². The van der Waals surface area contributed by atoms with Crippen molar-refractivity contribution in [2.75, 3.05) is 0 Å². The average Bonchev–Trinajstić information content (AvgIpc) is 2.01. The van der Waals surface area contributed by atoms with Crippen LogP contribution in [-0.4, -0.2) is 9.66 Å². The van der Waals surface area contributed by atoms with Crippen LogP contribution in [0.2, 0.25) is 0 Å². The molecule has 3 N–H and O–H groups in total. The van der Waals surface area contributed by atoms with Crippen LogP contribution in [0.5, 0.6) is 0 Å². The van der Waals surface area contributed by atoms with Crippen molar-refractivity contribution in [2.24, 2.45) is 5.14 Å². The molecule has 1 aromatic carbocycles. The number of aliphatic hydroxyl groups is 1. The summed E-state index contributed by atoms with van der Waals surface area (Å²) in [6, 6.07) is 5.09. The van der Waals surface area contributed by atoms with Crippen molar-refractivity contribution in [1.82, 2.24) is 0 Å². The molecule has 1 aromatic rings. The molecule has 78 valence electrons. The standard InChI is InChI=1S/C9H12BrNO2S/c1-9(2,12)6-3-7(10)5-8(4-6)14(11)13/h3-5,12H,11H2,1-2H3. The lowest BCUT2D eigenvalue weighted by molar-refractivity contribution is 0.0783. The number of halogens is 1. The summed E-state index contributed by atoms with van der Waals surface area (Å²) < 4.78 is 11.8. The summed E-state index contributed by atoms with van der Waals surface area (Å²) >= 11 is 1.75. The van der Waals surface area contributed by atoms with Crippen LogP contribution in [0.4, 0.5) is 0 Å². The van der Waals surface area contributed by atoms with E-state index in [1.807, 2.05) is 0 Å². The van der Waals surface area contributed by atoms with E-state index in [2.05, 4.69) is 15.9 Å². The predicted octanol–water partition coefficient (Wildman–Crippen LogP) is 1.66. The Morgan fingerprint density at radius 2 is 2.00 bits per heavy atom. The fourth-order valence-corrected chi connectivity index (χ4v) is 2.16. The van der Waals surface area contributed by atoms with Crippen molar-refractivity contribution in [1.29, 1.82) is 0 Å². The molecule has 0 aromatic heterocycles. The van der Waals surface area contributed by atoms with E-state index in [0.29, 0.717) is 10.5 Å². The Bertz CT molecular complexity index is 336. The number of nitrogens with two attached hydrogens (primary N) is 1. The summed E-state index contributed by atoms with van der Waals surface area (Å²) in [5.74, 6) is 0. The van der Waals surface area contributed by atoms with E-state index in [1.54, 1.807) is 32.0 Å². The lowest BCUT2D eigenvalue weighted by Gasteiger charge is -2.18. The van der Waals surface area contributed by atoms with Crippen LogP contribution in [0.1, 0.15) is 19.4 Å². The van der Waals surface area contributed by atoms with Gasteiger partial charge < -0.3 is 9.66 Å². The third-order valence-corrected chi connectivity index (χ3v) is 2.97. The van der Waals surface area contributed by atoms with Crippen LogP contribution in [0.25, 0.3) is 0 Å². The van der Waals surface area contributed by atoms with Gasteiger partial charge in [-0.1, -0.05) is 15.9 Å². The molecule has 0 fully saturated rings. The van der Waals surface area contributed by atoms with Gasteiger partial charge in [-0.3, -0.25) is 0 Å². The van der Waals surface area contributed by atoms with Gasteiger partial charge in [-0.15, -0.1) is 5.14 Å². The molecule has 0 aliphatic rings. The minimum Gasteiger partial charge on any atom is -0.593 e. The quantitative estimate of drug-likeness (QED) is 0.808. The lowest BCUT2D eigenvalue weighted by atomic mass is 9.99. The SMILES string of the molecule is CC(C)(O)c1cc(Br)cc([S+](N)[O-])c1. The topological polar surface area (TPSA) is 69.3 Å². The molecule has 0 saturated heterocycles. The summed E-state index contributed by atoms with van der Waals surface area (Å²) in [5.41, 5.74) is -0.279. The molecular formula is C9H12BrNO2S. The van der Waals surface area contributed by atoms with Crippen LogP contribution < -0.4 is 5.14 Å². The Kier molecular flexibility index (Phi) is 3.60. The highest BCUT2D eigenvalue weighted by Gasteiger charge is 2.19. The van der Waals surface area contributed by atoms with Crippen molar-refractivity contribution >= 4 is 27.3 Å². The van der Waals surface area contributed by atoms with Gasteiger partial charge in [0.25, 0.3) is 0 Å². The lowest BCUT2D eigenvalue weighted by Crippen LogP contribution is -2.18. The average molecular weight is 278 g/mol. The van der Waals surface area contributed by atoms with Crippen LogP contribution >= 0.6 is 15.9 Å². The molecular weight excluding hydrogens is 266 g/mol. The maximum absolute atomic E-state index is 11.1. The van der Waals surface area contributed by atoms with Gasteiger partial charge in [0.2, 0.25) is 0 Å². The predicted molar refractivity (Wildman–Crippen MR) is 60.0 cm³/mol. The number of hydrogen-bond donors (Lipinski definition) is 2. The molecule has 0 heterocycles. The Labute approximate surface area is 94.8 Å². The van der Waals surface area contributed by atoms with Crippen molar-refractivity contribution in [3.05, 3.63) is 28.2 Å². The van der Waals surface area contributed by atoms with Crippen LogP contribution in [0.3, 0.4) is 0 Å². The van der Waals surface area contributed by atoms with Gasteiger partial charge >= 0.3 is 0 Å². The Morgan fingerprint density at radius 1 is 1.43 bits per heavy atom.